The highest BCUT2D eigenvalue weighted by Gasteiger charge is 2.17. The quantitative estimate of drug-likeness (QED) is 0.858. The number of rotatable bonds is 3. The maximum Gasteiger partial charge on any atom is 0.165 e. The highest BCUT2D eigenvalue weighted by atomic mass is 79.9. The third kappa shape index (κ3) is 2.99. The molecular weight excluding hydrogens is 292 g/mol. The fraction of sp³-hybridized carbons (Fsp3) is 0.429. The van der Waals surface area contributed by atoms with Gasteiger partial charge < -0.3 is 4.98 Å². The van der Waals surface area contributed by atoms with Gasteiger partial charge in [-0.2, -0.15) is 0 Å². The van der Waals surface area contributed by atoms with Crippen LogP contribution in [0.25, 0.3) is 11.0 Å². The molecule has 0 bridgehead atoms. The van der Waals surface area contributed by atoms with E-state index < -0.39 is 0 Å². The van der Waals surface area contributed by atoms with Crippen molar-refractivity contribution in [3.05, 3.63) is 28.5 Å². The van der Waals surface area contributed by atoms with Crippen molar-refractivity contribution in [2.24, 2.45) is 5.41 Å². The number of aromatic amines is 1. The number of hydrogen-bond acceptors (Lipinski definition) is 2. The van der Waals surface area contributed by atoms with E-state index in [0.29, 0.717) is 6.42 Å². The van der Waals surface area contributed by atoms with E-state index in [0.717, 1.165) is 27.5 Å². The van der Waals surface area contributed by atoms with Gasteiger partial charge in [0.15, 0.2) is 5.78 Å². The fourth-order valence-corrected chi connectivity index (χ4v) is 2.16. The zero-order valence-corrected chi connectivity index (χ0v) is 12.5. The van der Waals surface area contributed by atoms with Gasteiger partial charge in [-0.05, 0) is 33.8 Å². The molecule has 2 aromatic rings. The summed E-state index contributed by atoms with van der Waals surface area (Å²) in [6.07, 6.45) is 4.94. The summed E-state index contributed by atoms with van der Waals surface area (Å²) >= 11 is 3.38. The largest absolute Gasteiger partial charge is 0.345 e. The lowest BCUT2D eigenvalue weighted by Crippen LogP contribution is -2.08. The third-order valence-corrected chi connectivity index (χ3v) is 3.33. The highest BCUT2D eigenvalue weighted by Crippen LogP contribution is 2.25. The molecule has 2 rings (SSSR count). The van der Waals surface area contributed by atoms with E-state index in [1.165, 1.54) is 0 Å². The molecule has 4 heteroatoms. The number of carbonyl (C=O) groups excluding carboxylic acids is 1. The first-order valence-electron chi connectivity index (χ1n) is 6.03. The lowest BCUT2D eigenvalue weighted by Gasteiger charge is -2.16. The van der Waals surface area contributed by atoms with Crippen LogP contribution in [0.4, 0.5) is 0 Å². The van der Waals surface area contributed by atoms with Crippen molar-refractivity contribution in [1.82, 2.24) is 9.97 Å². The van der Waals surface area contributed by atoms with Gasteiger partial charge in [0, 0.05) is 34.2 Å². The number of carbonyl (C=O) groups is 1. The number of nitrogens with one attached hydrogen (secondary N) is 1. The Balaban J connectivity index is 2.25. The molecule has 0 unspecified atom stereocenters. The molecule has 0 saturated heterocycles. The first-order valence-corrected chi connectivity index (χ1v) is 6.82. The number of hydrogen-bond donors (Lipinski definition) is 1. The minimum atomic E-state index is 0.177. The summed E-state index contributed by atoms with van der Waals surface area (Å²) in [4.78, 5) is 19.5. The molecule has 2 heterocycles. The lowest BCUT2D eigenvalue weighted by molar-refractivity contribution is 0.0967. The van der Waals surface area contributed by atoms with E-state index >= 15 is 0 Å². The zero-order chi connectivity index (χ0) is 13.3. The summed E-state index contributed by atoms with van der Waals surface area (Å²) in [5.74, 6) is 0.177. The molecule has 1 N–H and O–H groups in total. The Kier molecular flexibility index (Phi) is 3.57. The van der Waals surface area contributed by atoms with Crippen LogP contribution in [0.5, 0.6) is 0 Å². The van der Waals surface area contributed by atoms with Crippen molar-refractivity contribution in [1.29, 1.82) is 0 Å². The number of Topliss-reactive ketones (excluding diaryl/α,β-unsaturated/α-hetero) is 1. The second-order valence-corrected chi connectivity index (χ2v) is 6.65. The van der Waals surface area contributed by atoms with E-state index in [1.54, 1.807) is 12.4 Å². The first kappa shape index (κ1) is 13.3. The molecule has 18 heavy (non-hydrogen) atoms. The molecule has 0 saturated carbocycles. The third-order valence-electron chi connectivity index (χ3n) is 2.90. The van der Waals surface area contributed by atoms with Crippen molar-refractivity contribution in [2.75, 3.05) is 0 Å². The van der Waals surface area contributed by atoms with Gasteiger partial charge in [-0.15, -0.1) is 0 Å². The molecule has 0 aliphatic carbocycles. The molecular formula is C14H17BrN2O. The lowest BCUT2D eigenvalue weighted by atomic mass is 9.88. The molecule has 0 radical (unpaired) electrons. The number of fused-ring (bicyclic) bond motifs is 1. The van der Waals surface area contributed by atoms with E-state index in [2.05, 4.69) is 46.7 Å². The molecule has 2 aromatic heterocycles. The van der Waals surface area contributed by atoms with Crippen LogP contribution in [-0.4, -0.2) is 15.8 Å². The monoisotopic (exact) mass is 308 g/mol. The van der Waals surface area contributed by atoms with Crippen LogP contribution in [0.3, 0.4) is 0 Å². The molecule has 0 atom stereocenters. The van der Waals surface area contributed by atoms with Gasteiger partial charge in [-0.25, -0.2) is 4.98 Å². The SMILES string of the molecule is CC(C)(C)CCC(=O)c1c[nH]c2ncc(Br)cc12. The summed E-state index contributed by atoms with van der Waals surface area (Å²) in [6, 6.07) is 1.93. The van der Waals surface area contributed by atoms with Crippen LogP contribution in [-0.2, 0) is 0 Å². The average molecular weight is 309 g/mol. The zero-order valence-electron chi connectivity index (χ0n) is 10.9. The summed E-state index contributed by atoms with van der Waals surface area (Å²) < 4.78 is 0.888. The van der Waals surface area contributed by atoms with Gasteiger partial charge in [0.05, 0.1) is 0 Å². The van der Waals surface area contributed by atoms with Crippen LogP contribution in [0.2, 0.25) is 0 Å². The van der Waals surface area contributed by atoms with Crippen molar-refractivity contribution in [3.63, 3.8) is 0 Å². The van der Waals surface area contributed by atoms with Gasteiger partial charge in [0.1, 0.15) is 5.65 Å². The second kappa shape index (κ2) is 4.84. The van der Waals surface area contributed by atoms with E-state index in [1.807, 2.05) is 6.07 Å². The minimum absolute atomic E-state index is 0.177. The Labute approximate surface area is 115 Å². The maximum atomic E-state index is 12.2. The molecule has 0 aliphatic rings. The average Bonchev–Trinajstić information content (AvgIpc) is 2.67. The number of ketones is 1. The van der Waals surface area contributed by atoms with Gasteiger partial charge in [-0.1, -0.05) is 20.8 Å². The number of aromatic nitrogens is 2. The number of pyridine rings is 1. The van der Waals surface area contributed by atoms with Crippen LogP contribution >= 0.6 is 15.9 Å². The molecule has 0 aliphatic heterocycles. The fourth-order valence-electron chi connectivity index (χ4n) is 1.83. The molecule has 0 aromatic carbocycles. The van der Waals surface area contributed by atoms with E-state index in [4.69, 9.17) is 0 Å². The van der Waals surface area contributed by atoms with Gasteiger partial charge in [-0.3, -0.25) is 4.79 Å². The maximum absolute atomic E-state index is 12.2. The molecule has 0 amide bonds. The summed E-state index contributed by atoms with van der Waals surface area (Å²) in [5, 5.41) is 0.892. The summed E-state index contributed by atoms with van der Waals surface area (Å²) in [6.45, 7) is 6.44. The summed E-state index contributed by atoms with van der Waals surface area (Å²) in [5.41, 5.74) is 1.68. The van der Waals surface area contributed by atoms with Gasteiger partial charge in [0.2, 0.25) is 0 Å². The standard InChI is InChI=1S/C14H17BrN2O/c1-14(2,3)5-4-12(18)11-8-17-13-10(11)6-9(15)7-16-13/h6-8H,4-5H2,1-3H3,(H,16,17). The Morgan fingerprint density at radius 1 is 1.44 bits per heavy atom. The molecule has 3 nitrogen and oxygen atoms in total. The van der Waals surface area contributed by atoms with Crippen LogP contribution < -0.4 is 0 Å². The minimum Gasteiger partial charge on any atom is -0.345 e. The van der Waals surface area contributed by atoms with Crippen LogP contribution in [0, 0.1) is 5.41 Å². The predicted molar refractivity (Wildman–Crippen MR) is 76.8 cm³/mol. The van der Waals surface area contributed by atoms with Crippen molar-refractivity contribution in [3.8, 4) is 0 Å². The normalized spacial score (nSPS) is 12.0. The Morgan fingerprint density at radius 2 is 2.17 bits per heavy atom. The number of nitrogens with zero attached hydrogens (tertiary/aromatic N) is 1. The predicted octanol–water partition coefficient (Wildman–Crippen LogP) is 4.33. The molecule has 0 fully saturated rings. The number of H-pyrrole nitrogens is 1. The highest BCUT2D eigenvalue weighted by molar-refractivity contribution is 9.10. The van der Waals surface area contributed by atoms with Crippen molar-refractivity contribution < 1.29 is 4.79 Å². The summed E-state index contributed by atoms with van der Waals surface area (Å²) in [7, 11) is 0. The van der Waals surface area contributed by atoms with Crippen LogP contribution in [0.15, 0.2) is 22.9 Å². The molecule has 0 spiro atoms. The Bertz CT molecular complexity index is 581. The van der Waals surface area contributed by atoms with Crippen molar-refractivity contribution >= 4 is 32.7 Å². The first-order chi connectivity index (χ1) is 8.37. The Morgan fingerprint density at radius 3 is 2.83 bits per heavy atom. The van der Waals surface area contributed by atoms with E-state index in [9.17, 15) is 4.79 Å². The smallest absolute Gasteiger partial charge is 0.165 e. The van der Waals surface area contributed by atoms with Crippen molar-refractivity contribution in [2.45, 2.75) is 33.6 Å². The van der Waals surface area contributed by atoms with Gasteiger partial charge >= 0.3 is 0 Å². The second-order valence-electron chi connectivity index (χ2n) is 5.74. The van der Waals surface area contributed by atoms with Crippen LogP contribution in [0.1, 0.15) is 44.0 Å². The Hall–Kier alpha value is -1.16. The van der Waals surface area contributed by atoms with E-state index in [-0.39, 0.29) is 11.2 Å². The van der Waals surface area contributed by atoms with Gasteiger partial charge in [0.25, 0.3) is 0 Å². The number of halogens is 1. The topological polar surface area (TPSA) is 45.8 Å². The molecule has 96 valence electrons.